The minimum Gasteiger partial charge on any atom is -0.361 e. The summed E-state index contributed by atoms with van der Waals surface area (Å²) in [6.07, 6.45) is 4.16. The summed E-state index contributed by atoms with van der Waals surface area (Å²) in [6.45, 7) is 0. The molecule has 1 rings (SSSR count). The number of carbonyl (C=O) groups excluding carboxylic acids is 1. The number of hydrogen-bond acceptors (Lipinski definition) is 4. The van der Waals surface area contributed by atoms with Gasteiger partial charge in [0.15, 0.2) is 11.8 Å². The fourth-order valence-electron chi connectivity index (χ4n) is 0.639. The molecule has 0 spiro atoms. The molecular weight excluding hydrogens is 184 g/mol. The normalized spacial score (nSPS) is 23.3. The Balaban J connectivity index is 2.73. The molecule has 0 aromatic rings. The fraction of sp³-hybridized carbons (Fsp3) is 0.333. The van der Waals surface area contributed by atoms with Crippen molar-refractivity contribution >= 4 is 34.8 Å². The van der Waals surface area contributed by atoms with Gasteiger partial charge in [0.1, 0.15) is 5.17 Å². The van der Waals surface area contributed by atoms with E-state index < -0.39 is 0 Å². The van der Waals surface area contributed by atoms with E-state index in [0.717, 1.165) is 0 Å². The predicted octanol–water partition coefficient (Wildman–Crippen LogP) is 0.956. The van der Waals surface area contributed by atoms with Gasteiger partial charge in [-0.05, 0) is 6.26 Å². The van der Waals surface area contributed by atoms with Crippen molar-refractivity contribution in [2.45, 2.75) is 5.50 Å². The molecule has 0 amide bonds. The molecule has 1 aliphatic rings. The number of aliphatic imine (C=N–C) groups is 1. The molecule has 11 heavy (non-hydrogen) atoms. The topological polar surface area (TPSA) is 41.5 Å². The number of hydrogen-bond donors (Lipinski definition) is 1. The lowest BCUT2D eigenvalue weighted by Crippen LogP contribution is -2.25. The van der Waals surface area contributed by atoms with Crippen LogP contribution in [0.25, 0.3) is 0 Å². The average molecular weight is 191 g/mol. The van der Waals surface area contributed by atoms with E-state index in [1.54, 1.807) is 6.20 Å². The summed E-state index contributed by atoms with van der Waals surface area (Å²) in [5.74, 6) is 0. The van der Waals surface area contributed by atoms with Gasteiger partial charge in [0.05, 0.1) is 5.57 Å². The minimum absolute atomic E-state index is 0.0637. The summed E-state index contributed by atoms with van der Waals surface area (Å²) in [5.41, 5.74) is 0.336. The smallest absolute Gasteiger partial charge is 0.167 e. The Hall–Kier alpha value is -0.480. The van der Waals surface area contributed by atoms with Gasteiger partial charge in [0.25, 0.3) is 0 Å². The average Bonchev–Trinajstić information content (AvgIpc) is 2.04. The molecule has 5 heteroatoms. The van der Waals surface area contributed by atoms with E-state index in [1.165, 1.54) is 11.8 Å². The van der Waals surface area contributed by atoms with E-state index in [-0.39, 0.29) is 10.7 Å². The first-order valence-corrected chi connectivity index (χ1v) is 4.62. The molecule has 0 aromatic heterocycles. The number of rotatable bonds is 2. The second-order valence-corrected chi connectivity index (χ2v) is 3.17. The van der Waals surface area contributed by atoms with Crippen LogP contribution in [0.4, 0.5) is 0 Å². The Kier molecular flexibility index (Phi) is 2.96. The first-order valence-electron chi connectivity index (χ1n) is 2.96. The summed E-state index contributed by atoms with van der Waals surface area (Å²) in [7, 11) is 0. The van der Waals surface area contributed by atoms with Crippen LogP contribution < -0.4 is 5.32 Å². The summed E-state index contributed by atoms with van der Waals surface area (Å²) in [4.78, 5) is 14.3. The fourth-order valence-corrected chi connectivity index (χ4v) is 1.31. The van der Waals surface area contributed by atoms with Crippen LogP contribution >= 0.6 is 23.4 Å². The Morgan fingerprint density at radius 2 is 2.64 bits per heavy atom. The maximum atomic E-state index is 10.3. The van der Waals surface area contributed by atoms with Crippen molar-refractivity contribution in [3.8, 4) is 0 Å². The quantitative estimate of drug-likeness (QED) is 0.660. The molecule has 1 atom stereocenters. The van der Waals surface area contributed by atoms with Crippen LogP contribution in [0.15, 0.2) is 16.8 Å². The first-order chi connectivity index (χ1) is 5.27. The molecule has 0 radical (unpaired) electrons. The zero-order chi connectivity index (χ0) is 8.27. The third-order valence-corrected chi connectivity index (χ3v) is 2.20. The van der Waals surface area contributed by atoms with E-state index in [0.29, 0.717) is 11.9 Å². The van der Waals surface area contributed by atoms with Gasteiger partial charge in [0, 0.05) is 6.20 Å². The molecule has 1 N–H and O–H groups in total. The second-order valence-electron chi connectivity index (χ2n) is 1.89. The van der Waals surface area contributed by atoms with Gasteiger partial charge in [-0.1, -0.05) is 11.6 Å². The monoisotopic (exact) mass is 190 g/mol. The van der Waals surface area contributed by atoms with E-state index in [9.17, 15) is 4.79 Å². The summed E-state index contributed by atoms with van der Waals surface area (Å²) in [5, 5.41) is 3.17. The molecule has 60 valence electrons. The van der Waals surface area contributed by atoms with Crippen LogP contribution in [0.3, 0.4) is 0 Å². The molecule has 0 bridgehead atoms. The molecule has 1 unspecified atom stereocenters. The zero-order valence-corrected chi connectivity index (χ0v) is 7.45. The molecular formula is C6H7ClN2OS. The molecule has 0 fully saturated rings. The summed E-state index contributed by atoms with van der Waals surface area (Å²) in [6, 6.07) is 0. The van der Waals surface area contributed by atoms with Gasteiger partial charge in [-0.25, -0.2) is 4.99 Å². The van der Waals surface area contributed by atoms with Gasteiger partial charge in [-0.15, -0.1) is 11.8 Å². The number of aldehydes is 1. The van der Waals surface area contributed by atoms with Crippen LogP contribution in [-0.4, -0.2) is 23.2 Å². The van der Waals surface area contributed by atoms with Crippen LogP contribution in [0, 0.1) is 0 Å². The highest BCUT2D eigenvalue weighted by atomic mass is 35.5. The highest BCUT2D eigenvalue weighted by Gasteiger charge is 2.12. The molecule has 0 saturated carbocycles. The number of thioether (sulfide) groups is 1. The number of allylic oxidation sites excluding steroid dienone is 1. The van der Waals surface area contributed by atoms with E-state index >= 15 is 0 Å². The maximum Gasteiger partial charge on any atom is 0.167 e. The summed E-state index contributed by atoms with van der Waals surface area (Å²) < 4.78 is 0. The van der Waals surface area contributed by atoms with Crippen molar-refractivity contribution in [2.24, 2.45) is 4.99 Å². The van der Waals surface area contributed by atoms with Gasteiger partial charge in [-0.2, -0.15) is 0 Å². The molecule has 0 aliphatic carbocycles. The Morgan fingerprint density at radius 3 is 3.09 bits per heavy atom. The van der Waals surface area contributed by atoms with Crippen molar-refractivity contribution in [3.05, 3.63) is 11.8 Å². The third kappa shape index (κ3) is 1.97. The Labute approximate surface area is 73.9 Å². The van der Waals surface area contributed by atoms with Crippen LogP contribution in [0.2, 0.25) is 0 Å². The van der Waals surface area contributed by atoms with Crippen molar-refractivity contribution in [1.82, 2.24) is 5.32 Å². The number of nitrogens with one attached hydrogen (secondary N) is 1. The lowest BCUT2D eigenvalue weighted by Gasteiger charge is -2.15. The highest BCUT2D eigenvalue weighted by Crippen LogP contribution is 2.13. The van der Waals surface area contributed by atoms with Crippen LogP contribution in [0.1, 0.15) is 0 Å². The van der Waals surface area contributed by atoms with Gasteiger partial charge < -0.3 is 5.32 Å². The van der Waals surface area contributed by atoms with Crippen molar-refractivity contribution in [3.63, 3.8) is 0 Å². The van der Waals surface area contributed by atoms with Crippen LogP contribution in [0.5, 0.6) is 0 Å². The van der Waals surface area contributed by atoms with Crippen molar-refractivity contribution in [1.29, 1.82) is 0 Å². The first kappa shape index (κ1) is 8.62. The van der Waals surface area contributed by atoms with E-state index in [4.69, 9.17) is 11.6 Å². The highest BCUT2D eigenvalue weighted by molar-refractivity contribution is 7.99. The zero-order valence-electron chi connectivity index (χ0n) is 5.87. The number of carbonyl (C=O) groups is 1. The van der Waals surface area contributed by atoms with Crippen molar-refractivity contribution < 1.29 is 4.79 Å². The Bertz CT molecular complexity index is 227. The maximum absolute atomic E-state index is 10.3. The van der Waals surface area contributed by atoms with E-state index in [1.807, 2.05) is 6.26 Å². The standard InChI is InChI=1S/C6H7ClN2OS/c1-11-6-8-2-4(3-10)5(7)9-6/h2-3,6,8H,1H3. The molecule has 1 heterocycles. The predicted molar refractivity (Wildman–Crippen MR) is 47.9 cm³/mol. The minimum atomic E-state index is -0.0637. The summed E-state index contributed by atoms with van der Waals surface area (Å²) >= 11 is 7.17. The van der Waals surface area contributed by atoms with E-state index in [2.05, 4.69) is 10.3 Å². The number of nitrogens with zero attached hydrogens (tertiary/aromatic N) is 1. The van der Waals surface area contributed by atoms with Crippen molar-refractivity contribution in [2.75, 3.05) is 6.26 Å². The molecule has 0 aromatic carbocycles. The third-order valence-electron chi connectivity index (χ3n) is 1.20. The van der Waals surface area contributed by atoms with Gasteiger partial charge in [0.2, 0.25) is 0 Å². The second kappa shape index (κ2) is 3.78. The SMILES string of the molecule is CSC1N=C(Cl)C(C=O)=CN1. The van der Waals surface area contributed by atoms with Gasteiger partial charge >= 0.3 is 0 Å². The number of halogens is 1. The Morgan fingerprint density at radius 1 is 1.91 bits per heavy atom. The largest absolute Gasteiger partial charge is 0.361 e. The van der Waals surface area contributed by atoms with Crippen LogP contribution in [-0.2, 0) is 4.79 Å². The lowest BCUT2D eigenvalue weighted by atomic mass is 10.3. The molecule has 1 aliphatic heterocycles. The lowest BCUT2D eigenvalue weighted by molar-refractivity contribution is -0.104. The van der Waals surface area contributed by atoms with Gasteiger partial charge in [-0.3, -0.25) is 4.79 Å². The molecule has 3 nitrogen and oxygen atoms in total. The molecule has 0 saturated heterocycles.